The summed E-state index contributed by atoms with van der Waals surface area (Å²) in [5, 5.41) is 0.511. The number of halogens is 1. The summed E-state index contributed by atoms with van der Waals surface area (Å²) < 4.78 is 6.55. The first-order valence-corrected chi connectivity index (χ1v) is 10.5. The van der Waals surface area contributed by atoms with E-state index in [-0.39, 0.29) is 17.3 Å². The number of hydrogen-bond donors (Lipinski definition) is 0. The molecule has 138 valence electrons. The minimum Gasteiger partial charge on any atom is -0.459 e. The highest BCUT2D eigenvalue weighted by Gasteiger charge is 2.47. The largest absolute Gasteiger partial charge is 0.459 e. The van der Waals surface area contributed by atoms with Crippen LogP contribution < -0.4 is 0 Å². The number of hydrogen-bond acceptors (Lipinski definition) is 5. The summed E-state index contributed by atoms with van der Waals surface area (Å²) in [4.78, 5) is 32.0. The van der Waals surface area contributed by atoms with Gasteiger partial charge in [0, 0.05) is 3.57 Å². The molecule has 26 heavy (non-hydrogen) atoms. The third kappa shape index (κ3) is 3.55. The number of benzene rings is 1. The van der Waals surface area contributed by atoms with Gasteiger partial charge in [-0.2, -0.15) is 0 Å². The fourth-order valence-corrected chi connectivity index (χ4v) is 4.58. The number of ether oxygens (including phenoxy) is 1. The van der Waals surface area contributed by atoms with Gasteiger partial charge in [-0.25, -0.2) is 9.79 Å². The monoisotopic (exact) mass is 484 g/mol. The Morgan fingerprint density at radius 2 is 2.00 bits per heavy atom. The van der Waals surface area contributed by atoms with Crippen LogP contribution in [0.5, 0.6) is 0 Å². The number of rotatable bonds is 4. The van der Waals surface area contributed by atoms with Gasteiger partial charge >= 0.3 is 5.97 Å². The number of thioether (sulfide) groups is 1. The lowest BCUT2D eigenvalue weighted by Gasteiger charge is -2.33. The third-order valence-corrected chi connectivity index (χ3v) is 6.31. The molecule has 0 N–H and O–H groups in total. The van der Waals surface area contributed by atoms with Crippen LogP contribution in [0.1, 0.15) is 45.7 Å². The topological polar surface area (TPSA) is 59.0 Å². The Labute approximate surface area is 171 Å². The van der Waals surface area contributed by atoms with Crippen LogP contribution in [0.25, 0.3) is 0 Å². The van der Waals surface area contributed by atoms with E-state index in [0.29, 0.717) is 16.4 Å². The van der Waals surface area contributed by atoms with Crippen molar-refractivity contribution in [1.29, 1.82) is 0 Å². The lowest BCUT2D eigenvalue weighted by Crippen LogP contribution is -2.41. The molecule has 7 heteroatoms. The average Bonchev–Trinajstić information content (AvgIpc) is 2.89. The van der Waals surface area contributed by atoms with Crippen molar-refractivity contribution in [3.05, 3.63) is 44.7 Å². The van der Waals surface area contributed by atoms with Gasteiger partial charge in [0.1, 0.15) is 0 Å². The molecular weight excluding hydrogens is 463 g/mol. The number of carbonyl (C=O) groups excluding carboxylic acids is 2. The fraction of sp³-hybridized carbons (Fsp3) is 0.421. The lowest BCUT2D eigenvalue weighted by molar-refractivity contribution is -0.143. The van der Waals surface area contributed by atoms with Crippen LogP contribution >= 0.6 is 34.4 Å². The minimum atomic E-state index is -0.498. The van der Waals surface area contributed by atoms with Crippen LogP contribution in [0.4, 0.5) is 0 Å². The average molecular weight is 484 g/mol. The van der Waals surface area contributed by atoms with E-state index in [9.17, 15) is 9.59 Å². The van der Waals surface area contributed by atoms with Crippen LogP contribution in [0.15, 0.2) is 40.5 Å². The number of aliphatic imine (C=N–C) groups is 1. The van der Waals surface area contributed by atoms with Crippen LogP contribution in [-0.4, -0.2) is 33.3 Å². The Kier molecular flexibility index (Phi) is 5.76. The molecule has 2 aliphatic heterocycles. The molecule has 0 aromatic heterocycles. The Morgan fingerprint density at radius 1 is 1.35 bits per heavy atom. The first-order chi connectivity index (χ1) is 12.3. The molecule has 0 radical (unpaired) electrons. The van der Waals surface area contributed by atoms with Crippen molar-refractivity contribution in [3.63, 3.8) is 0 Å². The minimum absolute atomic E-state index is 0.00199. The summed E-state index contributed by atoms with van der Waals surface area (Å²) in [5.74, 6) is -0.413. The van der Waals surface area contributed by atoms with Crippen molar-refractivity contribution in [3.8, 4) is 0 Å². The molecule has 1 saturated heterocycles. The van der Waals surface area contributed by atoms with Gasteiger partial charge in [-0.1, -0.05) is 30.8 Å². The molecule has 2 heterocycles. The van der Waals surface area contributed by atoms with Crippen molar-refractivity contribution in [2.24, 2.45) is 4.99 Å². The molecule has 0 saturated carbocycles. The van der Waals surface area contributed by atoms with Gasteiger partial charge < -0.3 is 4.74 Å². The predicted octanol–water partition coefficient (Wildman–Crippen LogP) is 4.28. The molecule has 0 bridgehead atoms. The molecule has 1 fully saturated rings. The SMILES string of the molecule is CC[C@H]1SC2=NC(C)=C(C(=O)OC(C)C)[C@@H](c3ccc(I)cc3)N2C1=O. The quantitative estimate of drug-likeness (QED) is 0.473. The van der Waals surface area contributed by atoms with E-state index in [1.165, 1.54) is 11.8 Å². The number of esters is 1. The summed E-state index contributed by atoms with van der Waals surface area (Å²) in [7, 11) is 0. The Balaban J connectivity index is 2.12. The number of allylic oxidation sites excluding steroid dienone is 1. The molecule has 2 aliphatic rings. The van der Waals surface area contributed by atoms with E-state index in [1.807, 2.05) is 52.0 Å². The second-order valence-electron chi connectivity index (χ2n) is 6.52. The first-order valence-electron chi connectivity index (χ1n) is 8.59. The molecule has 3 rings (SSSR count). The molecule has 5 nitrogen and oxygen atoms in total. The van der Waals surface area contributed by atoms with E-state index in [2.05, 4.69) is 27.6 Å². The predicted molar refractivity (Wildman–Crippen MR) is 112 cm³/mol. The maximum Gasteiger partial charge on any atom is 0.338 e. The maximum absolute atomic E-state index is 13.0. The first kappa shape index (κ1) is 19.4. The fourth-order valence-electron chi connectivity index (χ4n) is 3.09. The molecular formula is C19H21IN2O3S. The zero-order valence-electron chi connectivity index (χ0n) is 15.2. The molecule has 2 atom stereocenters. The zero-order valence-corrected chi connectivity index (χ0v) is 18.1. The smallest absolute Gasteiger partial charge is 0.338 e. The van der Waals surface area contributed by atoms with Crippen LogP contribution in [-0.2, 0) is 14.3 Å². The van der Waals surface area contributed by atoms with Gasteiger partial charge in [-0.15, -0.1) is 0 Å². The van der Waals surface area contributed by atoms with E-state index in [4.69, 9.17) is 4.74 Å². The summed E-state index contributed by atoms with van der Waals surface area (Å²) >= 11 is 3.71. The Hall–Kier alpha value is -1.35. The zero-order chi connectivity index (χ0) is 19.0. The highest BCUT2D eigenvalue weighted by atomic mass is 127. The summed E-state index contributed by atoms with van der Waals surface area (Å²) in [6, 6.07) is 7.38. The molecule has 1 aromatic rings. The van der Waals surface area contributed by atoms with Crippen molar-refractivity contribution < 1.29 is 14.3 Å². The standard InChI is InChI=1S/C19H21IN2O3S/c1-5-14-17(23)22-16(12-6-8-13(20)9-7-12)15(18(24)25-10(2)3)11(4)21-19(22)26-14/h6-10,14,16H,5H2,1-4H3/t14-,16-/m1/s1. The molecule has 0 spiro atoms. The van der Waals surface area contributed by atoms with Gasteiger partial charge in [0.2, 0.25) is 5.91 Å². The number of fused-ring (bicyclic) bond motifs is 1. The molecule has 1 aromatic carbocycles. The maximum atomic E-state index is 13.0. The van der Waals surface area contributed by atoms with Gasteiger partial charge in [0.25, 0.3) is 0 Å². The molecule has 1 amide bonds. The van der Waals surface area contributed by atoms with E-state index >= 15 is 0 Å². The van der Waals surface area contributed by atoms with Crippen LogP contribution in [0.2, 0.25) is 0 Å². The highest BCUT2D eigenvalue weighted by Crippen LogP contribution is 2.44. The van der Waals surface area contributed by atoms with Gasteiger partial charge in [-0.05, 0) is 67.5 Å². The number of carbonyl (C=O) groups is 2. The van der Waals surface area contributed by atoms with Crippen LogP contribution in [0.3, 0.4) is 0 Å². The van der Waals surface area contributed by atoms with Crippen molar-refractivity contribution >= 4 is 51.4 Å². The van der Waals surface area contributed by atoms with E-state index < -0.39 is 12.0 Å². The normalized spacial score (nSPS) is 22.6. The second-order valence-corrected chi connectivity index (χ2v) is 8.94. The van der Waals surface area contributed by atoms with Gasteiger partial charge in [-0.3, -0.25) is 9.69 Å². The summed E-state index contributed by atoms with van der Waals surface area (Å²) in [6.45, 7) is 7.43. The van der Waals surface area contributed by atoms with Gasteiger partial charge in [0.15, 0.2) is 5.17 Å². The number of amidine groups is 1. The Morgan fingerprint density at radius 3 is 2.58 bits per heavy atom. The lowest BCUT2D eigenvalue weighted by atomic mass is 9.94. The van der Waals surface area contributed by atoms with Crippen LogP contribution in [0, 0.1) is 3.57 Å². The molecule has 0 aliphatic carbocycles. The third-order valence-electron chi connectivity index (χ3n) is 4.27. The summed E-state index contributed by atoms with van der Waals surface area (Å²) in [5.41, 5.74) is 1.94. The van der Waals surface area contributed by atoms with Gasteiger partial charge in [0.05, 0.1) is 28.7 Å². The Bertz CT molecular complexity index is 802. The summed E-state index contributed by atoms with van der Waals surface area (Å²) in [6.07, 6.45) is 0.487. The molecule has 0 unspecified atom stereocenters. The van der Waals surface area contributed by atoms with E-state index in [0.717, 1.165) is 15.6 Å². The number of amides is 1. The number of nitrogens with zero attached hydrogens (tertiary/aromatic N) is 2. The van der Waals surface area contributed by atoms with Crippen molar-refractivity contribution in [2.45, 2.75) is 51.5 Å². The van der Waals surface area contributed by atoms with Crippen molar-refractivity contribution in [2.75, 3.05) is 0 Å². The second kappa shape index (κ2) is 7.72. The highest BCUT2D eigenvalue weighted by molar-refractivity contribution is 14.1. The van der Waals surface area contributed by atoms with Crippen molar-refractivity contribution in [1.82, 2.24) is 4.90 Å². The van der Waals surface area contributed by atoms with E-state index in [1.54, 1.807) is 4.90 Å².